The Bertz CT molecular complexity index is 1320. The first-order valence-electron chi connectivity index (χ1n) is 10.2. The summed E-state index contributed by atoms with van der Waals surface area (Å²) in [5.74, 6) is 0.847. The Kier molecular flexibility index (Phi) is 6.06. The quantitative estimate of drug-likeness (QED) is 0.233. The lowest BCUT2D eigenvalue weighted by molar-refractivity contribution is -0.303. The van der Waals surface area contributed by atoms with Crippen molar-refractivity contribution in [2.45, 2.75) is 28.9 Å². The maximum atomic E-state index is 13.9. The third-order valence-electron chi connectivity index (χ3n) is 5.04. The summed E-state index contributed by atoms with van der Waals surface area (Å²) < 4.78 is 61.5. The first kappa shape index (κ1) is 23.4. The number of nitrogens with one attached hydrogen (secondary N) is 1. The number of thioether (sulfide) groups is 1. The molecule has 2 aromatic carbocycles. The minimum Gasteiger partial charge on any atom is -0.493 e. The van der Waals surface area contributed by atoms with Gasteiger partial charge in [0.05, 0.1) is 30.0 Å². The highest BCUT2D eigenvalue weighted by Crippen LogP contribution is 2.49. The number of aromatic nitrogens is 3. The minimum absolute atomic E-state index is 0.276. The number of hydrogen-bond acceptors (Lipinski definition) is 7. The molecule has 4 aromatic rings. The van der Waals surface area contributed by atoms with Gasteiger partial charge in [0.25, 0.3) is 0 Å². The molecule has 1 unspecified atom stereocenters. The minimum atomic E-state index is -4.35. The number of methoxy groups -OCH3 is 1. The van der Waals surface area contributed by atoms with E-state index in [-0.39, 0.29) is 11.5 Å². The molecule has 0 aliphatic carbocycles. The topological polar surface area (TPSA) is 78.5 Å². The van der Waals surface area contributed by atoms with Crippen molar-refractivity contribution in [1.29, 1.82) is 0 Å². The van der Waals surface area contributed by atoms with Gasteiger partial charge in [0.15, 0.2) is 28.2 Å². The number of aromatic amines is 1. The average molecular weight is 524 g/mol. The summed E-state index contributed by atoms with van der Waals surface area (Å²) >= 11 is 6.45. The van der Waals surface area contributed by atoms with E-state index in [1.54, 1.807) is 19.4 Å². The number of hydrogen-bond donors (Lipinski definition) is 1. The van der Waals surface area contributed by atoms with Gasteiger partial charge in [0, 0.05) is 24.0 Å². The van der Waals surface area contributed by atoms with Crippen molar-refractivity contribution in [3.05, 3.63) is 66.0 Å². The van der Waals surface area contributed by atoms with Gasteiger partial charge in [0.2, 0.25) is 0 Å². The number of imidazole rings is 1. The number of nitrogens with zero attached hydrogens (tertiary/aromatic N) is 2. The second kappa shape index (κ2) is 9.04. The number of benzene rings is 2. The van der Waals surface area contributed by atoms with Gasteiger partial charge in [-0.2, -0.15) is 13.2 Å². The van der Waals surface area contributed by atoms with E-state index in [0.29, 0.717) is 45.7 Å². The number of ether oxygens (including phenoxy) is 4. The van der Waals surface area contributed by atoms with Gasteiger partial charge in [-0.25, -0.2) is 4.98 Å². The first-order valence-corrected chi connectivity index (χ1v) is 11.6. The Balaban J connectivity index is 1.28. The summed E-state index contributed by atoms with van der Waals surface area (Å²) in [5.41, 5.74) is 2.49. The third kappa shape index (κ3) is 4.78. The summed E-state index contributed by atoms with van der Waals surface area (Å²) in [6, 6.07) is 14.0. The summed E-state index contributed by atoms with van der Waals surface area (Å²) in [6.45, 7) is 0.378. The average Bonchev–Trinajstić information content (AvgIpc) is 3.22. The Morgan fingerprint density at radius 1 is 1.06 bits per heavy atom. The van der Waals surface area contributed by atoms with Crippen LogP contribution in [-0.4, -0.2) is 33.5 Å². The van der Waals surface area contributed by atoms with Crippen molar-refractivity contribution in [2.75, 3.05) is 7.11 Å². The zero-order valence-corrected chi connectivity index (χ0v) is 19.6. The Hall–Kier alpha value is -3.31. The van der Waals surface area contributed by atoms with Gasteiger partial charge < -0.3 is 23.9 Å². The van der Waals surface area contributed by atoms with Crippen molar-refractivity contribution in [3.63, 3.8) is 0 Å². The van der Waals surface area contributed by atoms with E-state index in [2.05, 4.69) is 24.4 Å². The zero-order valence-electron chi connectivity index (χ0n) is 18.1. The number of halogens is 4. The number of fused-ring (bicyclic) bond motifs is 2. The van der Waals surface area contributed by atoms with Gasteiger partial charge in [0.1, 0.15) is 6.61 Å². The highest BCUT2D eigenvalue weighted by atomic mass is 35.5. The van der Waals surface area contributed by atoms with Crippen LogP contribution in [0.5, 0.6) is 23.0 Å². The fourth-order valence-corrected chi connectivity index (χ4v) is 4.22. The molecular formula is C23H17ClF3N3O4S. The summed E-state index contributed by atoms with van der Waals surface area (Å²) in [4.78, 5) is 11.8. The molecule has 0 radical (unpaired) electrons. The second-order valence-corrected chi connectivity index (χ2v) is 8.94. The molecule has 35 heavy (non-hydrogen) atoms. The van der Waals surface area contributed by atoms with E-state index < -0.39 is 11.4 Å². The molecule has 5 rings (SSSR count). The molecule has 0 spiro atoms. The summed E-state index contributed by atoms with van der Waals surface area (Å²) in [5, 5.41) is -3.33. The van der Waals surface area contributed by atoms with E-state index in [4.69, 9.17) is 21.1 Å². The molecule has 3 heterocycles. The van der Waals surface area contributed by atoms with Crippen LogP contribution in [0.2, 0.25) is 0 Å². The smallest absolute Gasteiger partial charge is 0.488 e. The van der Waals surface area contributed by atoms with Crippen molar-refractivity contribution in [2.24, 2.45) is 0 Å². The molecule has 1 aliphatic heterocycles. The van der Waals surface area contributed by atoms with Crippen LogP contribution in [0.3, 0.4) is 0 Å². The molecular weight excluding hydrogens is 507 g/mol. The highest BCUT2D eigenvalue weighted by molar-refractivity contribution is 7.98. The maximum Gasteiger partial charge on any atom is 0.488 e. The van der Waals surface area contributed by atoms with E-state index in [0.717, 1.165) is 5.56 Å². The van der Waals surface area contributed by atoms with E-state index >= 15 is 0 Å². The molecule has 0 saturated carbocycles. The van der Waals surface area contributed by atoms with E-state index in [1.807, 2.05) is 30.3 Å². The lowest BCUT2D eigenvalue weighted by Crippen LogP contribution is -2.51. The highest BCUT2D eigenvalue weighted by Gasteiger charge is 2.63. The molecule has 1 atom stereocenters. The van der Waals surface area contributed by atoms with Gasteiger partial charge in [-0.15, -0.1) is 0 Å². The van der Waals surface area contributed by atoms with Gasteiger partial charge in [-0.05, 0) is 17.2 Å². The normalized spacial score (nSPS) is 18.4. The van der Waals surface area contributed by atoms with Crippen LogP contribution in [-0.2, 0) is 12.4 Å². The standard InChI is InChI=1S/C23H17ClF3N3O4S/c1-31-17-7-14(28-10-20(17)32-11-13-5-3-2-4-6-13)12-35-21-29-15-8-18-19(9-16(15)30-21)34-23(26,27)22(24,25)33-18/h2-10H,11-12H2,1H3,(H,29,30). The molecule has 7 nitrogen and oxygen atoms in total. The number of pyridine rings is 1. The molecule has 0 amide bonds. The number of alkyl halides is 4. The summed E-state index contributed by atoms with van der Waals surface area (Å²) in [6.07, 6.45) is -2.76. The monoisotopic (exact) mass is 523 g/mol. The van der Waals surface area contributed by atoms with Crippen molar-refractivity contribution in [1.82, 2.24) is 15.0 Å². The van der Waals surface area contributed by atoms with Crippen molar-refractivity contribution >= 4 is 34.4 Å². The predicted octanol–water partition coefficient (Wildman–Crippen LogP) is 6.06. The molecule has 12 heteroatoms. The Morgan fingerprint density at radius 2 is 1.83 bits per heavy atom. The number of H-pyrrole nitrogens is 1. The fraction of sp³-hybridized carbons (Fsp3) is 0.217. The van der Waals surface area contributed by atoms with Crippen LogP contribution < -0.4 is 18.9 Å². The fourth-order valence-electron chi connectivity index (χ4n) is 3.31. The largest absolute Gasteiger partial charge is 0.493 e. The Morgan fingerprint density at radius 3 is 2.60 bits per heavy atom. The first-order chi connectivity index (χ1) is 16.7. The molecule has 1 N–H and O–H groups in total. The van der Waals surface area contributed by atoms with Crippen LogP contribution in [0.15, 0.2) is 59.9 Å². The molecule has 2 aromatic heterocycles. The van der Waals surface area contributed by atoms with Gasteiger partial charge >= 0.3 is 11.4 Å². The van der Waals surface area contributed by atoms with Crippen LogP contribution in [0, 0.1) is 0 Å². The second-order valence-electron chi connectivity index (χ2n) is 7.49. The lowest BCUT2D eigenvalue weighted by atomic mass is 10.2. The molecule has 0 fully saturated rings. The van der Waals surface area contributed by atoms with Crippen LogP contribution in [0.1, 0.15) is 11.3 Å². The third-order valence-corrected chi connectivity index (χ3v) is 6.25. The lowest BCUT2D eigenvalue weighted by Gasteiger charge is -2.33. The molecule has 0 saturated heterocycles. The van der Waals surface area contributed by atoms with E-state index in [9.17, 15) is 13.2 Å². The van der Waals surface area contributed by atoms with Gasteiger partial charge in [-0.3, -0.25) is 4.98 Å². The molecule has 1 aliphatic rings. The van der Waals surface area contributed by atoms with Gasteiger partial charge in [-0.1, -0.05) is 42.1 Å². The molecule has 182 valence electrons. The number of rotatable bonds is 7. The Labute approximate surface area is 206 Å². The van der Waals surface area contributed by atoms with Crippen LogP contribution in [0.25, 0.3) is 11.0 Å². The maximum absolute atomic E-state index is 13.9. The van der Waals surface area contributed by atoms with Crippen molar-refractivity contribution < 1.29 is 32.1 Å². The summed E-state index contributed by atoms with van der Waals surface area (Å²) in [7, 11) is 1.54. The van der Waals surface area contributed by atoms with Crippen molar-refractivity contribution in [3.8, 4) is 23.0 Å². The zero-order chi connectivity index (χ0) is 24.6. The van der Waals surface area contributed by atoms with Crippen LogP contribution >= 0.6 is 23.4 Å². The predicted molar refractivity (Wildman–Crippen MR) is 123 cm³/mol. The SMILES string of the molecule is COc1cc(CSc2nc3cc4c(cc3[nH]2)OC(F)(F)C(F)(Cl)O4)ncc1OCc1ccccc1. The van der Waals surface area contributed by atoms with Crippen LogP contribution in [0.4, 0.5) is 13.2 Å². The van der Waals surface area contributed by atoms with E-state index in [1.165, 1.54) is 23.9 Å². The molecule has 0 bridgehead atoms.